The first-order valence-electron chi connectivity index (χ1n) is 6.75. The lowest BCUT2D eigenvalue weighted by Gasteiger charge is -2.04. The molecule has 7 heteroatoms. The van der Waals surface area contributed by atoms with Crippen LogP contribution >= 0.6 is 23.2 Å². The Labute approximate surface area is 146 Å². The highest BCUT2D eigenvalue weighted by Gasteiger charge is 2.12. The van der Waals surface area contributed by atoms with Gasteiger partial charge in [0.1, 0.15) is 5.56 Å². The summed E-state index contributed by atoms with van der Waals surface area (Å²) in [7, 11) is 0. The second-order valence-corrected chi connectivity index (χ2v) is 5.75. The minimum absolute atomic E-state index is 0.00862. The van der Waals surface area contributed by atoms with Crippen LogP contribution in [0.15, 0.2) is 51.9 Å². The lowest BCUT2D eigenvalue weighted by atomic mass is 10.1. The fourth-order valence-corrected chi connectivity index (χ4v) is 2.73. The van der Waals surface area contributed by atoms with Gasteiger partial charge in [0.15, 0.2) is 5.58 Å². The molecule has 2 N–H and O–H groups in total. The Bertz CT molecular complexity index is 1080. The monoisotopic (exact) mass is 357 g/mol. The van der Waals surface area contributed by atoms with Gasteiger partial charge in [-0.1, -0.05) is 29.3 Å². The predicted octanol–water partition coefficient (Wildman–Crippen LogP) is 3.94. The van der Waals surface area contributed by atoms with Crippen molar-refractivity contribution < 1.29 is 9.21 Å². The van der Waals surface area contributed by atoms with Gasteiger partial charge >= 0.3 is 0 Å². The minimum atomic E-state index is -0.702. The van der Waals surface area contributed by atoms with E-state index in [1.165, 1.54) is 12.1 Å². The van der Waals surface area contributed by atoms with E-state index in [4.69, 9.17) is 38.6 Å². The van der Waals surface area contributed by atoms with E-state index in [0.29, 0.717) is 27.2 Å². The molecule has 0 fully saturated rings. The maximum Gasteiger partial charge on any atom is 0.254 e. The molecule has 0 saturated carbocycles. The van der Waals surface area contributed by atoms with E-state index < -0.39 is 5.91 Å². The molecule has 1 aromatic heterocycles. The van der Waals surface area contributed by atoms with Crippen LogP contribution in [-0.2, 0) is 0 Å². The third-order valence-electron chi connectivity index (χ3n) is 3.24. The Balaban J connectivity index is 2.33. The molecule has 1 amide bonds. The van der Waals surface area contributed by atoms with Crippen LogP contribution in [0, 0.1) is 11.3 Å². The van der Waals surface area contributed by atoms with Crippen LogP contribution in [0.3, 0.4) is 0 Å². The summed E-state index contributed by atoms with van der Waals surface area (Å²) in [5, 5.41) is 10.2. The summed E-state index contributed by atoms with van der Waals surface area (Å²) in [5.41, 5.74) is 6.73. The smallest absolute Gasteiger partial charge is 0.254 e. The number of primary amides is 1. The quantitative estimate of drug-likeness (QED) is 0.752. The highest BCUT2D eigenvalue weighted by molar-refractivity contribution is 6.38. The molecule has 24 heavy (non-hydrogen) atoms. The predicted molar refractivity (Wildman–Crippen MR) is 91.1 cm³/mol. The molecule has 0 unspecified atom stereocenters. The molecule has 0 radical (unpaired) electrons. The molecule has 0 bridgehead atoms. The largest absolute Gasteiger partial charge is 0.436 e. The number of carbonyl (C=O) groups excluding carboxylic acids is 1. The number of fused-ring (bicyclic) bond motifs is 1. The number of rotatable bonds is 2. The zero-order chi connectivity index (χ0) is 17.3. The molecule has 0 atom stereocenters. The Kier molecular flexibility index (Phi) is 4.26. The van der Waals surface area contributed by atoms with Gasteiger partial charge in [0.2, 0.25) is 5.55 Å². The zero-order valence-electron chi connectivity index (χ0n) is 12.1. The summed E-state index contributed by atoms with van der Waals surface area (Å²) in [4.78, 5) is 16.0. The van der Waals surface area contributed by atoms with Crippen molar-refractivity contribution in [2.75, 3.05) is 0 Å². The Hall–Kier alpha value is -2.81. The molecule has 118 valence electrons. The minimum Gasteiger partial charge on any atom is -0.436 e. The average Bonchev–Trinajstić information content (AvgIpc) is 2.55. The summed E-state index contributed by atoms with van der Waals surface area (Å²) in [6.07, 6.45) is 0. The fourth-order valence-electron chi connectivity index (χ4n) is 2.19. The number of carbonyl (C=O) groups is 1. The van der Waals surface area contributed by atoms with Crippen molar-refractivity contribution in [3.05, 3.63) is 69.2 Å². The van der Waals surface area contributed by atoms with Crippen molar-refractivity contribution in [3.8, 4) is 6.07 Å². The van der Waals surface area contributed by atoms with Crippen LogP contribution in [0.25, 0.3) is 11.0 Å². The number of halogens is 2. The van der Waals surface area contributed by atoms with Gasteiger partial charge in [-0.05, 0) is 36.4 Å². The van der Waals surface area contributed by atoms with E-state index in [9.17, 15) is 4.79 Å². The highest BCUT2D eigenvalue weighted by Crippen LogP contribution is 2.27. The SMILES string of the molecule is N#Cc1cccc(N=c2oc3c(Cl)cc(Cl)cc3cc2C(N)=O)c1. The van der Waals surface area contributed by atoms with E-state index >= 15 is 0 Å². The summed E-state index contributed by atoms with van der Waals surface area (Å²) in [6.45, 7) is 0. The van der Waals surface area contributed by atoms with Crippen molar-refractivity contribution >= 4 is 45.8 Å². The third kappa shape index (κ3) is 3.11. The van der Waals surface area contributed by atoms with Crippen LogP contribution in [0.5, 0.6) is 0 Å². The molecule has 0 aliphatic carbocycles. The van der Waals surface area contributed by atoms with Crippen molar-refractivity contribution in [3.63, 3.8) is 0 Å². The third-order valence-corrected chi connectivity index (χ3v) is 3.74. The molecule has 0 aliphatic rings. The average molecular weight is 358 g/mol. The number of amides is 1. The topological polar surface area (TPSA) is 92.4 Å². The van der Waals surface area contributed by atoms with Crippen molar-refractivity contribution in [1.29, 1.82) is 5.26 Å². The van der Waals surface area contributed by atoms with Crippen molar-refractivity contribution in [2.24, 2.45) is 10.7 Å². The Morgan fingerprint density at radius 3 is 2.71 bits per heavy atom. The molecule has 3 rings (SSSR count). The van der Waals surface area contributed by atoms with Gasteiger partial charge in [-0.15, -0.1) is 0 Å². The molecular formula is C17H9Cl2N3O2. The van der Waals surface area contributed by atoms with Crippen molar-refractivity contribution in [1.82, 2.24) is 0 Å². The van der Waals surface area contributed by atoms with Crippen LogP contribution in [0.1, 0.15) is 15.9 Å². The Morgan fingerprint density at radius 2 is 2.00 bits per heavy atom. The molecule has 5 nitrogen and oxygen atoms in total. The van der Waals surface area contributed by atoms with E-state index in [2.05, 4.69) is 4.99 Å². The van der Waals surface area contributed by atoms with E-state index in [1.807, 2.05) is 6.07 Å². The van der Waals surface area contributed by atoms with Gasteiger partial charge < -0.3 is 10.2 Å². The first-order chi connectivity index (χ1) is 11.5. The van der Waals surface area contributed by atoms with Crippen molar-refractivity contribution in [2.45, 2.75) is 0 Å². The summed E-state index contributed by atoms with van der Waals surface area (Å²) in [6, 6.07) is 13.2. The maximum atomic E-state index is 11.7. The summed E-state index contributed by atoms with van der Waals surface area (Å²) in [5.74, 6) is -0.702. The van der Waals surface area contributed by atoms with Gasteiger partial charge in [0.05, 0.1) is 22.3 Å². The van der Waals surface area contributed by atoms with Crippen LogP contribution in [0.2, 0.25) is 10.0 Å². The number of nitriles is 1. The number of hydrogen-bond acceptors (Lipinski definition) is 4. The fraction of sp³-hybridized carbons (Fsp3) is 0. The van der Waals surface area contributed by atoms with Crippen LogP contribution in [0.4, 0.5) is 5.69 Å². The van der Waals surface area contributed by atoms with Gasteiger partial charge in [-0.3, -0.25) is 4.79 Å². The first kappa shape index (κ1) is 16.1. The molecule has 1 heterocycles. The van der Waals surface area contributed by atoms with E-state index in [0.717, 1.165) is 0 Å². The molecular weight excluding hydrogens is 349 g/mol. The van der Waals surface area contributed by atoms with Crippen LogP contribution < -0.4 is 11.3 Å². The second kappa shape index (κ2) is 6.36. The molecule has 0 spiro atoms. The van der Waals surface area contributed by atoms with Gasteiger partial charge in [0, 0.05) is 10.4 Å². The van der Waals surface area contributed by atoms with Gasteiger partial charge in [-0.2, -0.15) is 5.26 Å². The number of nitrogens with zero attached hydrogens (tertiary/aromatic N) is 2. The standard InChI is InChI=1S/C17H9Cl2N3O2/c18-11-5-10-6-13(16(21)23)17(24-15(10)14(19)7-11)22-12-3-1-2-9(4-12)8-20/h1-7H,(H2,21,23). The van der Waals surface area contributed by atoms with Crippen LogP contribution in [-0.4, -0.2) is 5.91 Å². The van der Waals surface area contributed by atoms with E-state index in [-0.39, 0.29) is 16.1 Å². The highest BCUT2D eigenvalue weighted by atomic mass is 35.5. The molecule has 0 aliphatic heterocycles. The van der Waals surface area contributed by atoms with Gasteiger partial charge in [0.25, 0.3) is 5.91 Å². The summed E-state index contributed by atoms with van der Waals surface area (Å²) < 4.78 is 5.68. The number of hydrogen-bond donors (Lipinski definition) is 1. The number of nitrogens with two attached hydrogens (primary N) is 1. The summed E-state index contributed by atoms with van der Waals surface area (Å²) >= 11 is 12.1. The Morgan fingerprint density at radius 1 is 1.21 bits per heavy atom. The number of benzene rings is 2. The van der Waals surface area contributed by atoms with E-state index in [1.54, 1.807) is 30.3 Å². The molecule has 3 aromatic rings. The lowest BCUT2D eigenvalue weighted by molar-refractivity contribution is 0.0996. The molecule has 2 aromatic carbocycles. The van der Waals surface area contributed by atoms with Gasteiger partial charge in [-0.25, -0.2) is 4.99 Å². The zero-order valence-corrected chi connectivity index (χ0v) is 13.6. The lowest BCUT2D eigenvalue weighted by Crippen LogP contribution is -2.21. The molecule has 0 saturated heterocycles. The second-order valence-electron chi connectivity index (χ2n) is 4.91. The first-order valence-corrected chi connectivity index (χ1v) is 7.51. The normalized spacial score (nSPS) is 11.5. The maximum absolute atomic E-state index is 11.7.